The fourth-order valence-electron chi connectivity index (χ4n) is 2.16. The Labute approximate surface area is 117 Å². The molecule has 1 N–H and O–H groups in total. The lowest BCUT2D eigenvalue weighted by molar-refractivity contribution is 0.903. The summed E-state index contributed by atoms with van der Waals surface area (Å²) in [4.78, 5) is 13.7. The smallest absolute Gasteiger partial charge is 0.137 e. The van der Waals surface area contributed by atoms with Crippen LogP contribution in [-0.4, -0.2) is 21.5 Å². The first-order chi connectivity index (χ1) is 9.36. The summed E-state index contributed by atoms with van der Waals surface area (Å²) in [7, 11) is 0. The highest BCUT2D eigenvalue weighted by Crippen LogP contribution is 2.32. The molecule has 0 unspecified atom stereocenters. The Morgan fingerprint density at radius 3 is 3.00 bits per heavy atom. The average Bonchev–Trinajstić information content (AvgIpc) is 2.89. The largest absolute Gasteiger partial charge is 0.370 e. The van der Waals surface area contributed by atoms with Crippen molar-refractivity contribution in [2.75, 3.05) is 11.9 Å². The molecular weight excluding hydrogens is 256 g/mol. The van der Waals surface area contributed by atoms with Gasteiger partial charge in [-0.05, 0) is 19.1 Å². The predicted molar refractivity (Wildman–Crippen MR) is 78.2 cm³/mol. The third-order valence-electron chi connectivity index (χ3n) is 3.03. The molecule has 0 amide bonds. The van der Waals surface area contributed by atoms with Crippen molar-refractivity contribution < 1.29 is 0 Å². The van der Waals surface area contributed by atoms with Gasteiger partial charge >= 0.3 is 0 Å². The van der Waals surface area contributed by atoms with Crippen LogP contribution >= 0.6 is 11.8 Å². The van der Waals surface area contributed by atoms with Gasteiger partial charge in [-0.25, -0.2) is 9.97 Å². The number of pyridine rings is 1. The standard InChI is InChI=1S/C14H16N4S/c1-2-15-14-11-8-19-9-12(11)17-13(18-14)7-10-5-3-4-6-16-10/h3-6H,2,7-9H2,1H3,(H,15,17,18). The number of nitrogens with one attached hydrogen (secondary N) is 1. The Balaban J connectivity index is 1.92. The van der Waals surface area contributed by atoms with Crippen molar-refractivity contribution in [2.24, 2.45) is 0 Å². The maximum absolute atomic E-state index is 4.68. The number of rotatable bonds is 4. The van der Waals surface area contributed by atoms with Crippen LogP contribution in [0.1, 0.15) is 29.7 Å². The molecule has 0 fully saturated rings. The molecule has 3 rings (SSSR count). The average molecular weight is 272 g/mol. The van der Waals surface area contributed by atoms with Crippen LogP contribution in [0.2, 0.25) is 0 Å². The van der Waals surface area contributed by atoms with Gasteiger partial charge in [-0.15, -0.1) is 0 Å². The third-order valence-corrected chi connectivity index (χ3v) is 4.00. The van der Waals surface area contributed by atoms with Crippen molar-refractivity contribution in [2.45, 2.75) is 24.9 Å². The Hall–Kier alpha value is -1.62. The third kappa shape index (κ3) is 2.71. The van der Waals surface area contributed by atoms with E-state index in [9.17, 15) is 0 Å². The van der Waals surface area contributed by atoms with Crippen LogP contribution in [-0.2, 0) is 17.9 Å². The van der Waals surface area contributed by atoms with Crippen molar-refractivity contribution in [1.29, 1.82) is 0 Å². The first kappa shape index (κ1) is 12.4. The zero-order valence-electron chi connectivity index (χ0n) is 10.9. The van der Waals surface area contributed by atoms with E-state index in [2.05, 4.69) is 27.2 Å². The van der Waals surface area contributed by atoms with E-state index < -0.39 is 0 Å². The topological polar surface area (TPSA) is 50.7 Å². The Morgan fingerprint density at radius 2 is 2.21 bits per heavy atom. The SMILES string of the molecule is CCNc1nc(Cc2ccccn2)nc2c1CSC2. The molecule has 0 bridgehead atoms. The number of hydrogen-bond donors (Lipinski definition) is 1. The van der Waals surface area contributed by atoms with Crippen molar-refractivity contribution in [3.8, 4) is 0 Å². The van der Waals surface area contributed by atoms with Crippen LogP contribution in [0.4, 0.5) is 5.82 Å². The van der Waals surface area contributed by atoms with E-state index >= 15 is 0 Å². The van der Waals surface area contributed by atoms with Gasteiger partial charge in [0.1, 0.15) is 11.6 Å². The molecule has 19 heavy (non-hydrogen) atoms. The number of hydrogen-bond acceptors (Lipinski definition) is 5. The summed E-state index contributed by atoms with van der Waals surface area (Å²) in [6.45, 7) is 2.98. The van der Waals surface area contributed by atoms with Crippen molar-refractivity contribution in [1.82, 2.24) is 15.0 Å². The second-order valence-corrected chi connectivity index (χ2v) is 5.42. The van der Waals surface area contributed by atoms with E-state index in [1.54, 1.807) is 0 Å². The second-order valence-electron chi connectivity index (χ2n) is 4.43. The quantitative estimate of drug-likeness (QED) is 0.927. The maximum atomic E-state index is 4.68. The van der Waals surface area contributed by atoms with Gasteiger partial charge < -0.3 is 5.32 Å². The first-order valence-corrected chi connectivity index (χ1v) is 7.62. The molecule has 1 aliphatic heterocycles. The number of thioether (sulfide) groups is 1. The minimum atomic E-state index is 0.692. The maximum Gasteiger partial charge on any atom is 0.137 e. The second kappa shape index (κ2) is 5.57. The molecule has 1 aliphatic rings. The molecule has 0 saturated heterocycles. The van der Waals surface area contributed by atoms with E-state index in [-0.39, 0.29) is 0 Å². The van der Waals surface area contributed by atoms with Gasteiger partial charge in [0.25, 0.3) is 0 Å². The zero-order chi connectivity index (χ0) is 13.1. The molecule has 0 spiro atoms. The highest BCUT2D eigenvalue weighted by Gasteiger charge is 2.19. The van der Waals surface area contributed by atoms with E-state index in [0.29, 0.717) is 6.42 Å². The van der Waals surface area contributed by atoms with E-state index in [0.717, 1.165) is 35.4 Å². The molecule has 0 aliphatic carbocycles. The molecule has 0 saturated carbocycles. The minimum absolute atomic E-state index is 0.692. The molecule has 2 aromatic heterocycles. The van der Waals surface area contributed by atoms with Crippen LogP contribution in [0.5, 0.6) is 0 Å². The number of anilines is 1. The van der Waals surface area contributed by atoms with Crippen molar-refractivity contribution in [3.05, 3.63) is 47.2 Å². The molecular formula is C14H16N4S. The lowest BCUT2D eigenvalue weighted by atomic mass is 10.2. The van der Waals surface area contributed by atoms with Crippen molar-refractivity contribution >= 4 is 17.6 Å². The molecule has 0 atom stereocenters. The molecule has 98 valence electrons. The van der Waals surface area contributed by atoms with Crippen molar-refractivity contribution in [3.63, 3.8) is 0 Å². The van der Waals surface area contributed by atoms with Crippen LogP contribution < -0.4 is 5.32 Å². The first-order valence-electron chi connectivity index (χ1n) is 6.47. The molecule has 2 aromatic rings. The van der Waals surface area contributed by atoms with E-state index in [1.165, 1.54) is 11.3 Å². The summed E-state index contributed by atoms with van der Waals surface area (Å²) >= 11 is 1.90. The zero-order valence-corrected chi connectivity index (χ0v) is 11.7. The molecule has 5 heteroatoms. The van der Waals surface area contributed by atoms with Gasteiger partial charge in [-0.3, -0.25) is 4.98 Å². The van der Waals surface area contributed by atoms with Gasteiger partial charge in [0, 0.05) is 35.5 Å². The molecule has 0 aromatic carbocycles. The van der Waals surface area contributed by atoms with Gasteiger partial charge in [-0.2, -0.15) is 11.8 Å². The van der Waals surface area contributed by atoms with Crippen LogP contribution in [0.3, 0.4) is 0 Å². The highest BCUT2D eigenvalue weighted by atomic mass is 32.2. The van der Waals surface area contributed by atoms with E-state index in [4.69, 9.17) is 0 Å². The number of nitrogens with zero attached hydrogens (tertiary/aromatic N) is 3. The highest BCUT2D eigenvalue weighted by molar-refractivity contribution is 7.98. The van der Waals surface area contributed by atoms with Crippen LogP contribution in [0.25, 0.3) is 0 Å². The van der Waals surface area contributed by atoms with Gasteiger partial charge in [-0.1, -0.05) is 6.07 Å². The minimum Gasteiger partial charge on any atom is -0.370 e. The Kier molecular flexibility index (Phi) is 3.64. The van der Waals surface area contributed by atoms with E-state index in [1.807, 2.05) is 36.2 Å². The normalized spacial score (nSPS) is 13.3. The summed E-state index contributed by atoms with van der Waals surface area (Å²) in [6.07, 6.45) is 2.50. The summed E-state index contributed by atoms with van der Waals surface area (Å²) in [6, 6.07) is 5.93. The van der Waals surface area contributed by atoms with Gasteiger partial charge in [0.15, 0.2) is 0 Å². The fourth-order valence-corrected chi connectivity index (χ4v) is 3.20. The molecule has 4 nitrogen and oxygen atoms in total. The monoisotopic (exact) mass is 272 g/mol. The lowest BCUT2D eigenvalue weighted by Gasteiger charge is -2.10. The molecule has 0 radical (unpaired) electrons. The summed E-state index contributed by atoms with van der Waals surface area (Å²) in [5, 5.41) is 3.35. The number of fused-ring (bicyclic) bond motifs is 1. The fraction of sp³-hybridized carbons (Fsp3) is 0.357. The Morgan fingerprint density at radius 1 is 1.26 bits per heavy atom. The summed E-state index contributed by atoms with van der Waals surface area (Å²) in [5.41, 5.74) is 3.47. The predicted octanol–water partition coefficient (Wildman–Crippen LogP) is 2.64. The number of aromatic nitrogens is 3. The summed E-state index contributed by atoms with van der Waals surface area (Å²) in [5.74, 6) is 3.87. The van der Waals surface area contributed by atoms with Crippen LogP contribution in [0, 0.1) is 0 Å². The van der Waals surface area contributed by atoms with Gasteiger partial charge in [0.2, 0.25) is 0 Å². The Bertz CT molecular complexity index is 571. The van der Waals surface area contributed by atoms with Gasteiger partial charge in [0.05, 0.1) is 12.1 Å². The summed E-state index contributed by atoms with van der Waals surface area (Å²) < 4.78 is 0. The van der Waals surface area contributed by atoms with Crippen LogP contribution in [0.15, 0.2) is 24.4 Å². The molecule has 3 heterocycles. The lowest BCUT2D eigenvalue weighted by Crippen LogP contribution is -2.09.